The summed E-state index contributed by atoms with van der Waals surface area (Å²) in [6.45, 7) is 3.92. The third kappa shape index (κ3) is 3.19. The smallest absolute Gasteiger partial charge is 0.339 e. The summed E-state index contributed by atoms with van der Waals surface area (Å²) in [6.07, 6.45) is 1.57. The van der Waals surface area contributed by atoms with Crippen molar-refractivity contribution in [2.45, 2.75) is 13.8 Å². The quantitative estimate of drug-likeness (QED) is 0.787. The lowest BCUT2D eigenvalue weighted by atomic mass is 10.1. The van der Waals surface area contributed by atoms with Crippen molar-refractivity contribution in [2.75, 3.05) is 5.32 Å². The first-order valence-corrected chi connectivity index (χ1v) is 7.39. The van der Waals surface area contributed by atoms with Crippen molar-refractivity contribution in [2.24, 2.45) is 0 Å². The first-order chi connectivity index (χ1) is 9.38. The number of pyridine rings is 1. The van der Waals surface area contributed by atoms with Crippen LogP contribution in [0.1, 0.15) is 21.5 Å². The third-order valence-corrected chi connectivity index (χ3v) is 3.72. The molecule has 2 rings (SSSR count). The second-order valence-electron chi connectivity index (χ2n) is 4.39. The van der Waals surface area contributed by atoms with Crippen molar-refractivity contribution in [3.63, 3.8) is 0 Å². The number of hydrogen-bond acceptors (Lipinski definition) is 3. The Morgan fingerprint density at radius 1 is 1.15 bits per heavy atom. The Labute approximate surface area is 133 Å². The zero-order valence-corrected chi connectivity index (χ0v) is 14.0. The van der Waals surface area contributed by atoms with E-state index >= 15 is 0 Å². The minimum absolute atomic E-state index is 0.126. The van der Waals surface area contributed by atoms with Crippen LogP contribution in [0.3, 0.4) is 0 Å². The van der Waals surface area contributed by atoms with Gasteiger partial charge in [-0.2, -0.15) is 0 Å². The van der Waals surface area contributed by atoms with Gasteiger partial charge in [-0.15, -0.1) is 0 Å². The van der Waals surface area contributed by atoms with Crippen molar-refractivity contribution in [3.8, 4) is 0 Å². The van der Waals surface area contributed by atoms with Crippen LogP contribution < -0.4 is 5.32 Å². The number of carboxylic acids is 1. The zero-order chi connectivity index (χ0) is 14.9. The molecule has 0 atom stereocenters. The topological polar surface area (TPSA) is 62.2 Å². The lowest BCUT2D eigenvalue weighted by Gasteiger charge is -2.14. The van der Waals surface area contributed by atoms with Crippen molar-refractivity contribution < 1.29 is 9.90 Å². The fourth-order valence-electron chi connectivity index (χ4n) is 1.93. The number of benzene rings is 1. The van der Waals surface area contributed by atoms with Crippen LogP contribution >= 0.6 is 31.9 Å². The molecule has 2 N–H and O–H groups in total. The Hall–Kier alpha value is -1.40. The molecule has 1 heterocycles. The van der Waals surface area contributed by atoms with Gasteiger partial charge in [-0.1, -0.05) is 15.9 Å². The highest BCUT2D eigenvalue weighted by Gasteiger charge is 2.14. The molecule has 0 amide bonds. The van der Waals surface area contributed by atoms with Crippen LogP contribution in [0, 0.1) is 13.8 Å². The number of aromatic nitrogens is 1. The molecule has 0 radical (unpaired) electrons. The fourth-order valence-corrected chi connectivity index (χ4v) is 2.95. The van der Waals surface area contributed by atoms with E-state index in [0.29, 0.717) is 10.3 Å². The first-order valence-electron chi connectivity index (χ1n) is 5.81. The molecule has 20 heavy (non-hydrogen) atoms. The van der Waals surface area contributed by atoms with E-state index in [1.807, 2.05) is 26.0 Å². The third-order valence-electron chi connectivity index (χ3n) is 2.83. The van der Waals surface area contributed by atoms with Gasteiger partial charge in [0.05, 0.1) is 0 Å². The maximum absolute atomic E-state index is 11.3. The highest BCUT2D eigenvalue weighted by atomic mass is 79.9. The van der Waals surface area contributed by atoms with Crippen LogP contribution in [0.2, 0.25) is 0 Å². The van der Waals surface area contributed by atoms with E-state index in [-0.39, 0.29) is 5.56 Å². The Kier molecular flexibility index (Phi) is 4.45. The predicted octanol–water partition coefficient (Wildman–Crippen LogP) is 4.67. The van der Waals surface area contributed by atoms with E-state index < -0.39 is 5.97 Å². The van der Waals surface area contributed by atoms with Gasteiger partial charge in [-0.25, -0.2) is 9.78 Å². The molecule has 1 aromatic carbocycles. The van der Waals surface area contributed by atoms with Crippen LogP contribution in [0.4, 0.5) is 11.5 Å². The molecular weight excluding hydrogens is 388 g/mol. The summed E-state index contributed by atoms with van der Waals surface area (Å²) < 4.78 is 1.62. The molecule has 2 aromatic rings. The Morgan fingerprint density at radius 3 is 2.30 bits per heavy atom. The van der Waals surface area contributed by atoms with Crippen LogP contribution in [0.15, 0.2) is 33.3 Å². The lowest BCUT2D eigenvalue weighted by Crippen LogP contribution is -2.06. The Bertz CT molecular complexity index is 664. The summed E-state index contributed by atoms with van der Waals surface area (Å²) in [6, 6.07) is 5.46. The van der Waals surface area contributed by atoms with Gasteiger partial charge in [0.15, 0.2) is 0 Å². The second kappa shape index (κ2) is 5.93. The molecular formula is C14H12Br2N2O2. The van der Waals surface area contributed by atoms with Gasteiger partial charge in [-0.05, 0) is 59.1 Å². The van der Waals surface area contributed by atoms with Gasteiger partial charge in [0.25, 0.3) is 0 Å². The molecule has 6 heteroatoms. The largest absolute Gasteiger partial charge is 0.478 e. The van der Waals surface area contributed by atoms with Gasteiger partial charge in [0.1, 0.15) is 11.4 Å². The molecule has 0 aliphatic heterocycles. The maximum Gasteiger partial charge on any atom is 0.339 e. The number of anilines is 2. The average molecular weight is 400 g/mol. The molecule has 4 nitrogen and oxygen atoms in total. The Morgan fingerprint density at radius 2 is 1.75 bits per heavy atom. The van der Waals surface area contributed by atoms with Crippen molar-refractivity contribution in [3.05, 3.63) is 50.0 Å². The van der Waals surface area contributed by atoms with E-state index in [2.05, 4.69) is 42.2 Å². The molecule has 0 unspecified atom stereocenters. The molecule has 0 saturated carbocycles. The number of rotatable bonds is 3. The van der Waals surface area contributed by atoms with Crippen molar-refractivity contribution in [1.82, 2.24) is 4.98 Å². The molecule has 0 spiro atoms. The summed E-state index contributed by atoms with van der Waals surface area (Å²) in [7, 11) is 0. The van der Waals surface area contributed by atoms with Crippen LogP contribution in [0.5, 0.6) is 0 Å². The number of halogens is 2. The normalized spacial score (nSPS) is 10.4. The van der Waals surface area contributed by atoms with Crippen molar-refractivity contribution >= 4 is 49.3 Å². The van der Waals surface area contributed by atoms with E-state index in [9.17, 15) is 9.90 Å². The standard InChI is InChI=1S/C14H12Br2N2O2/c1-7-3-9(15)4-8(2)12(7)18-13-11(14(19)20)5-10(16)6-17-13/h3-6H,1-2H3,(H,17,18)(H,19,20). The number of aryl methyl sites for hydroxylation is 2. The minimum Gasteiger partial charge on any atom is -0.478 e. The molecule has 0 aliphatic rings. The first kappa shape index (κ1) is 15.0. The maximum atomic E-state index is 11.3. The van der Waals surface area contributed by atoms with Gasteiger partial charge < -0.3 is 10.4 Å². The number of nitrogens with one attached hydrogen (secondary N) is 1. The molecule has 0 aliphatic carbocycles. The second-order valence-corrected chi connectivity index (χ2v) is 6.23. The monoisotopic (exact) mass is 398 g/mol. The van der Waals surface area contributed by atoms with Crippen molar-refractivity contribution in [1.29, 1.82) is 0 Å². The molecule has 104 valence electrons. The fraction of sp³-hybridized carbons (Fsp3) is 0.143. The van der Waals surface area contributed by atoms with E-state index in [1.54, 1.807) is 6.20 Å². The lowest BCUT2D eigenvalue weighted by molar-refractivity contribution is 0.0697. The van der Waals surface area contributed by atoms with E-state index in [4.69, 9.17) is 0 Å². The molecule has 1 aromatic heterocycles. The number of nitrogens with zero attached hydrogens (tertiary/aromatic N) is 1. The number of aromatic carboxylic acids is 1. The molecule has 0 fully saturated rings. The van der Waals surface area contributed by atoms with Crippen LogP contribution in [-0.2, 0) is 0 Å². The minimum atomic E-state index is -1.02. The number of hydrogen-bond donors (Lipinski definition) is 2. The summed E-state index contributed by atoms with van der Waals surface area (Å²) in [5.74, 6) is -0.692. The summed E-state index contributed by atoms with van der Waals surface area (Å²) in [4.78, 5) is 15.4. The number of carboxylic acid groups (broad SMARTS) is 1. The average Bonchev–Trinajstić information content (AvgIpc) is 2.34. The highest BCUT2D eigenvalue weighted by Crippen LogP contribution is 2.29. The van der Waals surface area contributed by atoms with Gasteiger partial charge in [-0.3, -0.25) is 0 Å². The molecule has 0 bridgehead atoms. The van der Waals surface area contributed by atoms with E-state index in [0.717, 1.165) is 21.3 Å². The summed E-state index contributed by atoms with van der Waals surface area (Å²) in [5, 5.41) is 12.4. The Balaban J connectivity index is 2.48. The zero-order valence-electron chi connectivity index (χ0n) is 10.9. The van der Waals surface area contributed by atoms with Gasteiger partial charge in [0, 0.05) is 20.8 Å². The van der Waals surface area contributed by atoms with Crippen LogP contribution in [0.25, 0.3) is 0 Å². The van der Waals surface area contributed by atoms with Gasteiger partial charge >= 0.3 is 5.97 Å². The number of carbonyl (C=O) groups is 1. The molecule has 0 saturated heterocycles. The highest BCUT2D eigenvalue weighted by molar-refractivity contribution is 9.10. The van der Waals surface area contributed by atoms with Crippen LogP contribution in [-0.4, -0.2) is 16.1 Å². The summed E-state index contributed by atoms with van der Waals surface area (Å²) in [5.41, 5.74) is 3.02. The SMILES string of the molecule is Cc1cc(Br)cc(C)c1Nc1ncc(Br)cc1C(=O)O. The summed E-state index contributed by atoms with van der Waals surface area (Å²) >= 11 is 6.66. The van der Waals surface area contributed by atoms with Gasteiger partial charge in [0.2, 0.25) is 0 Å². The van der Waals surface area contributed by atoms with E-state index in [1.165, 1.54) is 6.07 Å². The predicted molar refractivity (Wildman–Crippen MR) is 85.8 cm³/mol.